The average molecular weight is 403 g/mol. The maximum atomic E-state index is 12.7. The van der Waals surface area contributed by atoms with Crippen LogP contribution >= 0.6 is 31.3 Å². The Balaban J connectivity index is 3.35. The number of rotatable bonds is 8. The van der Waals surface area contributed by atoms with Crippen molar-refractivity contribution >= 4 is 31.3 Å². The average Bonchev–Trinajstić information content (AvgIpc) is 2.52. The molecule has 0 bridgehead atoms. The molecule has 0 amide bonds. The van der Waals surface area contributed by atoms with Crippen LogP contribution in [0.2, 0.25) is 0 Å². The molecule has 0 heterocycles. The molecule has 7 nitrogen and oxygen atoms in total. The molecule has 1 unspecified atom stereocenters. The second-order valence-electron chi connectivity index (χ2n) is 3.70. The van der Waals surface area contributed by atoms with Crippen molar-refractivity contribution in [3.05, 3.63) is 34.3 Å². The van der Waals surface area contributed by atoms with Crippen molar-refractivity contribution in [2.24, 2.45) is 0 Å². The third-order valence-electron chi connectivity index (χ3n) is 2.64. The number of hydrogen-bond acceptors (Lipinski definition) is 7. The topological polar surface area (TPSA) is 80.3 Å². The van der Waals surface area contributed by atoms with Gasteiger partial charge < -0.3 is 9.05 Å². The molecular formula is C11H17BrO7P2. The van der Waals surface area contributed by atoms with E-state index in [0.717, 1.165) is 14.2 Å². The lowest BCUT2D eigenvalue weighted by molar-refractivity contribution is 0.116. The fourth-order valence-corrected chi connectivity index (χ4v) is 4.76. The highest BCUT2D eigenvalue weighted by atomic mass is 79.9. The highest BCUT2D eigenvalue weighted by Gasteiger charge is 2.43. The van der Waals surface area contributed by atoms with Crippen LogP contribution < -0.4 is 0 Å². The number of hydrogen-bond donors (Lipinski definition) is 0. The summed E-state index contributed by atoms with van der Waals surface area (Å²) < 4.78 is 50.2. The zero-order chi connectivity index (χ0) is 16.1. The van der Waals surface area contributed by atoms with E-state index < -0.39 is 21.3 Å². The molecule has 1 atom stereocenters. The molecule has 1 aromatic carbocycles. The Labute approximate surface area is 132 Å². The van der Waals surface area contributed by atoms with Crippen LogP contribution in [0, 0.1) is 0 Å². The summed E-state index contributed by atoms with van der Waals surface area (Å²) in [6, 6.07) is 6.82. The van der Waals surface area contributed by atoms with Gasteiger partial charge in [0.1, 0.15) is 0 Å². The van der Waals surface area contributed by atoms with Gasteiger partial charge >= 0.3 is 15.4 Å². The van der Waals surface area contributed by atoms with Gasteiger partial charge in [0.2, 0.25) is 0 Å². The quantitative estimate of drug-likeness (QED) is 0.597. The lowest BCUT2D eigenvalue weighted by atomic mass is 10.2. The van der Waals surface area contributed by atoms with Gasteiger partial charge in [0.25, 0.3) is 0 Å². The molecule has 0 aliphatic carbocycles. The summed E-state index contributed by atoms with van der Waals surface area (Å²) in [5.41, 5.74) is 0.429. The van der Waals surface area contributed by atoms with E-state index in [2.05, 4.69) is 15.9 Å². The van der Waals surface area contributed by atoms with Crippen molar-refractivity contribution in [3.63, 3.8) is 0 Å². The van der Waals surface area contributed by atoms with Crippen LogP contribution in [0.1, 0.15) is 11.4 Å². The van der Waals surface area contributed by atoms with Gasteiger partial charge in [0, 0.05) is 38.5 Å². The minimum absolute atomic E-state index is 0.429. The Morgan fingerprint density at radius 2 is 1.48 bits per heavy atom. The highest BCUT2D eigenvalue weighted by molar-refractivity contribution is 9.10. The molecule has 0 saturated heterocycles. The largest absolute Gasteiger partial charge is 0.475 e. The monoisotopic (exact) mass is 402 g/mol. The molecule has 0 radical (unpaired) electrons. The van der Waals surface area contributed by atoms with Gasteiger partial charge in [-0.05, 0) is 6.07 Å². The van der Waals surface area contributed by atoms with Gasteiger partial charge in [0.05, 0.1) is 0 Å². The first-order valence-electron chi connectivity index (χ1n) is 5.71. The number of phosphoric ester groups is 1. The molecule has 10 heteroatoms. The van der Waals surface area contributed by atoms with Crippen LogP contribution in [0.3, 0.4) is 0 Å². The predicted molar refractivity (Wildman–Crippen MR) is 81.2 cm³/mol. The Morgan fingerprint density at radius 3 is 1.90 bits per heavy atom. The third-order valence-corrected chi connectivity index (χ3v) is 6.87. The van der Waals surface area contributed by atoms with Gasteiger partial charge in [-0.1, -0.05) is 34.1 Å². The van der Waals surface area contributed by atoms with E-state index in [9.17, 15) is 9.13 Å². The smallest absolute Gasteiger partial charge is 0.310 e. The number of phosphoric acid groups is 1. The molecule has 0 aliphatic heterocycles. The molecule has 0 N–H and O–H groups in total. The third kappa shape index (κ3) is 4.47. The summed E-state index contributed by atoms with van der Waals surface area (Å²) in [4.78, 5) is 0. The summed E-state index contributed by atoms with van der Waals surface area (Å²) in [5.74, 6) is -1.28. The number of halogens is 1. The molecule has 0 spiro atoms. The fourth-order valence-electron chi connectivity index (χ4n) is 1.51. The van der Waals surface area contributed by atoms with Gasteiger partial charge in [-0.25, -0.2) is 4.57 Å². The second kappa shape index (κ2) is 7.99. The molecule has 0 fully saturated rings. The molecule has 0 aromatic heterocycles. The molecule has 0 saturated carbocycles. The van der Waals surface area contributed by atoms with Gasteiger partial charge in [-0.2, -0.15) is 0 Å². The zero-order valence-corrected chi connectivity index (χ0v) is 15.4. The van der Waals surface area contributed by atoms with E-state index in [1.165, 1.54) is 14.2 Å². The molecular weight excluding hydrogens is 386 g/mol. The first-order chi connectivity index (χ1) is 9.85. The maximum Gasteiger partial charge on any atom is 0.475 e. The van der Waals surface area contributed by atoms with Crippen LogP contribution in [-0.2, 0) is 31.7 Å². The first kappa shape index (κ1) is 19.0. The second-order valence-corrected chi connectivity index (χ2v) is 8.67. The normalized spacial score (nSPS) is 14.1. The zero-order valence-electron chi connectivity index (χ0n) is 12.0. The van der Waals surface area contributed by atoms with Gasteiger partial charge in [-0.3, -0.25) is 18.1 Å². The van der Waals surface area contributed by atoms with Crippen LogP contribution in [0.5, 0.6) is 0 Å². The van der Waals surface area contributed by atoms with E-state index in [1.807, 2.05) is 0 Å². The molecule has 0 aliphatic rings. The Morgan fingerprint density at radius 1 is 0.952 bits per heavy atom. The van der Waals surface area contributed by atoms with Crippen molar-refractivity contribution in [2.75, 3.05) is 28.4 Å². The summed E-state index contributed by atoms with van der Waals surface area (Å²) in [6.07, 6.45) is 0. The first-order valence-corrected chi connectivity index (χ1v) is 9.58. The van der Waals surface area contributed by atoms with E-state index in [0.29, 0.717) is 10.0 Å². The maximum absolute atomic E-state index is 12.7. The molecule has 21 heavy (non-hydrogen) atoms. The Hall–Kier alpha value is -0.0400. The van der Waals surface area contributed by atoms with E-state index >= 15 is 0 Å². The summed E-state index contributed by atoms with van der Waals surface area (Å²) in [7, 11) is -2.91. The van der Waals surface area contributed by atoms with E-state index in [4.69, 9.17) is 22.6 Å². The van der Waals surface area contributed by atoms with Crippen molar-refractivity contribution in [2.45, 2.75) is 5.85 Å². The van der Waals surface area contributed by atoms with Crippen molar-refractivity contribution in [1.82, 2.24) is 0 Å². The van der Waals surface area contributed by atoms with Crippen molar-refractivity contribution < 1.29 is 31.7 Å². The highest BCUT2D eigenvalue weighted by Crippen LogP contribution is 2.67. The summed E-state index contributed by atoms with van der Waals surface area (Å²) in [5, 5.41) is 0. The minimum atomic E-state index is -3.90. The van der Waals surface area contributed by atoms with Gasteiger partial charge in [-0.15, -0.1) is 0 Å². The predicted octanol–water partition coefficient (Wildman–Crippen LogP) is 4.35. The Kier molecular flexibility index (Phi) is 7.24. The SMILES string of the molecule is COP(=O)(OC)OC(c1ccccc1Br)P(=O)(OC)OC. The van der Waals surface area contributed by atoms with Crippen LogP contribution in [0.4, 0.5) is 0 Å². The minimum Gasteiger partial charge on any atom is -0.310 e. The fraction of sp³-hybridized carbons (Fsp3) is 0.455. The van der Waals surface area contributed by atoms with Crippen LogP contribution in [-0.4, -0.2) is 28.4 Å². The van der Waals surface area contributed by atoms with E-state index in [-0.39, 0.29) is 0 Å². The van der Waals surface area contributed by atoms with Gasteiger partial charge in [0.15, 0.2) is 5.85 Å². The Bertz CT molecular complexity index is 549. The van der Waals surface area contributed by atoms with Crippen molar-refractivity contribution in [1.29, 1.82) is 0 Å². The molecule has 1 aromatic rings. The summed E-state index contributed by atoms with van der Waals surface area (Å²) >= 11 is 3.32. The number of benzene rings is 1. The van der Waals surface area contributed by atoms with E-state index in [1.54, 1.807) is 24.3 Å². The molecule has 120 valence electrons. The molecule has 1 rings (SSSR count). The van der Waals surface area contributed by atoms with Crippen molar-refractivity contribution in [3.8, 4) is 0 Å². The van der Waals surface area contributed by atoms with Crippen LogP contribution in [0.25, 0.3) is 0 Å². The summed E-state index contributed by atoms with van der Waals surface area (Å²) in [6.45, 7) is 0. The lowest BCUT2D eigenvalue weighted by Gasteiger charge is -2.27. The lowest BCUT2D eigenvalue weighted by Crippen LogP contribution is -2.09. The standard InChI is InChI=1S/C11H17BrO7P2/c1-15-20(13,16-2)11(19-21(14,17-3)18-4)9-7-5-6-8-10(9)12/h5-8,11H,1-4H3. The van der Waals surface area contributed by atoms with Crippen LogP contribution in [0.15, 0.2) is 28.7 Å².